The normalized spacial score (nSPS) is 17.8. The number of benzene rings is 1. The SMILES string of the molecule is O=C(c1c(F)ccc(NS(=O)N2CCOCC2)c1F)c1c[nH]c2ncnc(NCC3CC3)c12. The van der Waals surface area contributed by atoms with Gasteiger partial charge in [0.1, 0.15) is 23.6 Å². The summed E-state index contributed by atoms with van der Waals surface area (Å²) in [6.45, 7) is 2.31. The molecule has 1 saturated carbocycles. The summed E-state index contributed by atoms with van der Waals surface area (Å²) in [7, 11) is 0. The molecule has 33 heavy (non-hydrogen) atoms. The highest BCUT2D eigenvalue weighted by Gasteiger charge is 2.28. The van der Waals surface area contributed by atoms with Crippen LogP contribution in [-0.4, -0.2) is 62.1 Å². The third-order valence-corrected chi connectivity index (χ3v) is 6.92. The number of nitrogens with zero attached hydrogens (tertiary/aromatic N) is 3. The van der Waals surface area contributed by atoms with Crippen LogP contribution in [0.3, 0.4) is 0 Å². The van der Waals surface area contributed by atoms with Gasteiger partial charge in [0.05, 0.1) is 35.4 Å². The number of hydrogen-bond acceptors (Lipinski definition) is 6. The van der Waals surface area contributed by atoms with Gasteiger partial charge in [0.15, 0.2) is 17.0 Å². The second-order valence-corrected chi connectivity index (χ2v) is 9.20. The van der Waals surface area contributed by atoms with Gasteiger partial charge in [-0.05, 0) is 30.9 Å². The van der Waals surface area contributed by atoms with E-state index in [0.717, 1.165) is 25.0 Å². The Bertz CT molecular complexity index is 1230. The van der Waals surface area contributed by atoms with Crippen LogP contribution in [0.25, 0.3) is 11.0 Å². The van der Waals surface area contributed by atoms with Crippen LogP contribution in [0.1, 0.15) is 28.8 Å². The van der Waals surface area contributed by atoms with Gasteiger partial charge in [-0.3, -0.25) is 9.52 Å². The van der Waals surface area contributed by atoms with Gasteiger partial charge in [-0.2, -0.15) is 0 Å². The zero-order chi connectivity index (χ0) is 22.9. The largest absolute Gasteiger partial charge is 0.379 e. The maximum atomic E-state index is 15.3. The Hall–Kier alpha value is -2.96. The van der Waals surface area contributed by atoms with Gasteiger partial charge >= 0.3 is 0 Å². The molecule has 3 N–H and O–H groups in total. The summed E-state index contributed by atoms with van der Waals surface area (Å²) >= 11 is -1.77. The van der Waals surface area contributed by atoms with Crippen LogP contribution >= 0.6 is 0 Å². The van der Waals surface area contributed by atoms with Crippen molar-refractivity contribution in [3.05, 3.63) is 47.4 Å². The standard InChI is InChI=1S/C21H22F2N6O3S/c22-14-3-4-15(28-33(31)29-5-7-32-8-6-29)18(23)17(14)19(30)13-10-25-21-16(13)20(26-11-27-21)24-9-12-1-2-12/h3-4,10-12,28H,1-2,5-9H2,(H2,24,25,26,27). The molecule has 1 aromatic carbocycles. The second kappa shape index (κ2) is 9.12. The third kappa shape index (κ3) is 4.45. The Morgan fingerprint density at radius 1 is 1.24 bits per heavy atom. The molecule has 0 radical (unpaired) electrons. The van der Waals surface area contributed by atoms with Crippen LogP contribution in [0.5, 0.6) is 0 Å². The Morgan fingerprint density at radius 3 is 2.79 bits per heavy atom. The maximum Gasteiger partial charge on any atom is 0.201 e. The van der Waals surface area contributed by atoms with E-state index in [4.69, 9.17) is 4.74 Å². The van der Waals surface area contributed by atoms with Crippen molar-refractivity contribution in [2.24, 2.45) is 5.92 Å². The molecule has 1 aliphatic heterocycles. The monoisotopic (exact) mass is 476 g/mol. The summed E-state index contributed by atoms with van der Waals surface area (Å²) < 4.78 is 51.9. The van der Waals surface area contributed by atoms with Crippen molar-refractivity contribution >= 4 is 39.5 Å². The number of halogens is 2. The van der Waals surface area contributed by atoms with Gasteiger partial charge < -0.3 is 15.0 Å². The van der Waals surface area contributed by atoms with Crippen LogP contribution in [0.15, 0.2) is 24.7 Å². The number of nitrogens with one attached hydrogen (secondary N) is 3. The summed E-state index contributed by atoms with van der Waals surface area (Å²) in [4.78, 5) is 24.5. The number of carbonyl (C=O) groups is 1. The fourth-order valence-corrected chi connectivity index (χ4v) is 4.64. The number of morpholine rings is 1. The number of anilines is 2. The number of aromatic amines is 1. The summed E-state index contributed by atoms with van der Waals surface area (Å²) in [5, 5.41) is 3.58. The number of ether oxygens (including phenoxy) is 1. The molecular formula is C21H22F2N6O3S. The minimum Gasteiger partial charge on any atom is -0.379 e. The van der Waals surface area contributed by atoms with Crippen LogP contribution < -0.4 is 10.0 Å². The van der Waals surface area contributed by atoms with Crippen molar-refractivity contribution in [2.75, 3.05) is 42.9 Å². The molecule has 2 aliphatic rings. The number of aromatic nitrogens is 3. The van der Waals surface area contributed by atoms with Gasteiger partial charge in [-0.25, -0.2) is 27.3 Å². The predicted molar refractivity (Wildman–Crippen MR) is 119 cm³/mol. The lowest BCUT2D eigenvalue weighted by molar-refractivity contribution is 0.0754. The van der Waals surface area contributed by atoms with E-state index in [1.807, 2.05) is 0 Å². The van der Waals surface area contributed by atoms with Gasteiger partial charge in [0, 0.05) is 25.8 Å². The first-order valence-corrected chi connectivity index (χ1v) is 11.7. The summed E-state index contributed by atoms with van der Waals surface area (Å²) in [6.07, 6.45) is 4.98. The molecule has 5 rings (SSSR count). The first-order chi connectivity index (χ1) is 16.0. The smallest absolute Gasteiger partial charge is 0.201 e. The molecule has 9 nitrogen and oxygen atoms in total. The van der Waals surface area contributed by atoms with Crippen LogP contribution in [-0.2, 0) is 15.9 Å². The molecule has 2 fully saturated rings. The number of carbonyl (C=O) groups excluding carboxylic acids is 1. The van der Waals surface area contributed by atoms with E-state index >= 15 is 4.39 Å². The Morgan fingerprint density at radius 2 is 2.03 bits per heavy atom. The molecule has 1 aliphatic carbocycles. The van der Waals surface area contributed by atoms with Gasteiger partial charge in [-0.15, -0.1) is 0 Å². The lowest BCUT2D eigenvalue weighted by atomic mass is 10.0. The number of hydrogen-bond donors (Lipinski definition) is 3. The first kappa shape index (κ1) is 21.9. The Labute approximate surface area is 190 Å². The molecule has 0 spiro atoms. The topological polar surface area (TPSA) is 112 Å². The average Bonchev–Trinajstić information content (AvgIpc) is 3.56. The number of H-pyrrole nitrogens is 1. The maximum absolute atomic E-state index is 15.3. The fourth-order valence-electron chi connectivity index (χ4n) is 3.68. The summed E-state index contributed by atoms with van der Waals surface area (Å²) in [5.41, 5.74) is -0.534. The molecule has 2 aromatic heterocycles. The molecular weight excluding hydrogens is 454 g/mol. The van der Waals surface area contributed by atoms with E-state index in [0.29, 0.717) is 55.6 Å². The predicted octanol–water partition coefficient (Wildman–Crippen LogP) is 2.61. The van der Waals surface area contributed by atoms with Crippen molar-refractivity contribution < 1.29 is 22.5 Å². The number of ketones is 1. The summed E-state index contributed by atoms with van der Waals surface area (Å²) in [6, 6.07) is 2.10. The molecule has 1 unspecified atom stereocenters. The van der Waals surface area contributed by atoms with E-state index in [1.54, 1.807) is 4.31 Å². The zero-order valence-corrected chi connectivity index (χ0v) is 18.4. The molecule has 3 heterocycles. The lowest BCUT2D eigenvalue weighted by Gasteiger charge is -2.25. The van der Waals surface area contributed by atoms with Crippen molar-refractivity contribution in [1.82, 2.24) is 19.3 Å². The number of rotatable bonds is 8. The van der Waals surface area contributed by atoms with Gasteiger partial charge in [0.2, 0.25) is 5.78 Å². The number of fused-ring (bicyclic) bond motifs is 1. The zero-order valence-electron chi connectivity index (χ0n) is 17.6. The van der Waals surface area contributed by atoms with E-state index in [9.17, 15) is 13.4 Å². The van der Waals surface area contributed by atoms with Crippen LogP contribution in [0, 0.1) is 17.6 Å². The highest BCUT2D eigenvalue weighted by molar-refractivity contribution is 7.84. The van der Waals surface area contributed by atoms with Crippen molar-refractivity contribution in [3.8, 4) is 0 Å². The summed E-state index contributed by atoms with van der Waals surface area (Å²) in [5.74, 6) is -2.00. The molecule has 12 heteroatoms. The van der Waals surface area contributed by atoms with Gasteiger partial charge in [0.25, 0.3) is 0 Å². The van der Waals surface area contributed by atoms with Crippen LogP contribution in [0.4, 0.5) is 20.3 Å². The minimum absolute atomic E-state index is 0.0492. The molecule has 174 valence electrons. The van der Waals surface area contributed by atoms with E-state index in [2.05, 4.69) is 25.0 Å². The highest BCUT2D eigenvalue weighted by atomic mass is 32.2. The molecule has 0 amide bonds. The van der Waals surface area contributed by atoms with Crippen molar-refractivity contribution in [2.45, 2.75) is 12.8 Å². The van der Waals surface area contributed by atoms with Crippen LogP contribution in [0.2, 0.25) is 0 Å². The molecule has 3 aromatic rings. The highest BCUT2D eigenvalue weighted by Crippen LogP contribution is 2.32. The van der Waals surface area contributed by atoms with Crippen molar-refractivity contribution in [1.29, 1.82) is 0 Å². The fraction of sp³-hybridized carbons (Fsp3) is 0.381. The lowest BCUT2D eigenvalue weighted by Crippen LogP contribution is -2.40. The molecule has 1 atom stereocenters. The minimum atomic E-state index is -1.77. The third-order valence-electron chi connectivity index (χ3n) is 5.69. The van der Waals surface area contributed by atoms with Crippen molar-refractivity contribution in [3.63, 3.8) is 0 Å². The Balaban J connectivity index is 1.46. The van der Waals surface area contributed by atoms with E-state index in [1.165, 1.54) is 12.5 Å². The van der Waals surface area contributed by atoms with Gasteiger partial charge in [-0.1, -0.05) is 0 Å². The Kier molecular flexibility index (Phi) is 6.04. The first-order valence-electron chi connectivity index (χ1n) is 10.6. The van der Waals surface area contributed by atoms with E-state index < -0.39 is 34.2 Å². The van der Waals surface area contributed by atoms with E-state index in [-0.39, 0.29) is 11.3 Å². The quantitative estimate of drug-likeness (QED) is 0.431. The molecule has 0 bridgehead atoms. The second-order valence-electron chi connectivity index (χ2n) is 7.98. The average molecular weight is 477 g/mol. The molecule has 1 saturated heterocycles.